The Morgan fingerprint density at radius 3 is 2.60 bits per heavy atom. The summed E-state index contributed by atoms with van der Waals surface area (Å²) in [5, 5.41) is 4.89. The molecule has 2 fully saturated rings. The molecule has 4 heterocycles. The predicted molar refractivity (Wildman–Crippen MR) is 115 cm³/mol. The Hall–Kier alpha value is -3.35. The van der Waals surface area contributed by atoms with Gasteiger partial charge < -0.3 is 10.6 Å². The molecule has 0 aliphatic carbocycles. The van der Waals surface area contributed by atoms with Gasteiger partial charge >= 0.3 is 6.18 Å². The van der Waals surface area contributed by atoms with E-state index in [0.717, 1.165) is 12.1 Å². The first-order valence-corrected chi connectivity index (χ1v) is 11.2. The second-order valence-electron chi connectivity index (χ2n) is 8.83. The van der Waals surface area contributed by atoms with Crippen molar-refractivity contribution in [2.75, 3.05) is 31.9 Å². The van der Waals surface area contributed by atoms with Crippen LogP contribution in [0.15, 0.2) is 24.4 Å². The van der Waals surface area contributed by atoms with Gasteiger partial charge in [0.05, 0.1) is 17.8 Å². The second-order valence-corrected chi connectivity index (χ2v) is 8.83. The van der Waals surface area contributed by atoms with Gasteiger partial charge in [0.1, 0.15) is 11.7 Å². The summed E-state index contributed by atoms with van der Waals surface area (Å²) in [6.45, 7) is 1.02. The Labute approximate surface area is 196 Å². The monoisotopic (exact) mass is 495 g/mol. The van der Waals surface area contributed by atoms with Crippen LogP contribution in [-0.4, -0.2) is 73.9 Å². The number of alkyl halides is 3. The molecule has 35 heavy (non-hydrogen) atoms. The van der Waals surface area contributed by atoms with Gasteiger partial charge in [-0.3, -0.25) is 14.4 Å². The van der Waals surface area contributed by atoms with E-state index in [2.05, 4.69) is 15.1 Å². The lowest BCUT2D eigenvalue weighted by atomic mass is 9.93. The molecule has 2 saturated heterocycles. The van der Waals surface area contributed by atoms with E-state index in [1.165, 1.54) is 26.7 Å². The minimum Gasteiger partial charge on any atom is -0.368 e. The van der Waals surface area contributed by atoms with E-state index in [-0.39, 0.29) is 56.1 Å². The van der Waals surface area contributed by atoms with Gasteiger partial charge in [-0.15, -0.1) is 0 Å². The Bertz CT molecular complexity index is 1270. The molecule has 1 aromatic carbocycles. The second kappa shape index (κ2) is 8.70. The van der Waals surface area contributed by atoms with E-state index in [4.69, 9.17) is 5.73 Å². The lowest BCUT2D eigenvalue weighted by Gasteiger charge is -2.38. The number of fused-ring (bicyclic) bond motifs is 1. The first kappa shape index (κ1) is 23.4. The van der Waals surface area contributed by atoms with E-state index >= 15 is 0 Å². The number of nitrogens with two attached hydrogens (primary N) is 1. The molecule has 2 aliphatic rings. The molecule has 186 valence electrons. The quantitative estimate of drug-likeness (QED) is 0.548. The van der Waals surface area contributed by atoms with Gasteiger partial charge in [0.15, 0.2) is 11.6 Å². The van der Waals surface area contributed by atoms with Crippen LogP contribution in [0.5, 0.6) is 0 Å². The molecule has 5 rings (SSSR count). The molecular formula is C22H22F5N7O. The Kier molecular flexibility index (Phi) is 5.82. The topological polar surface area (TPSA) is 93.2 Å². The van der Waals surface area contributed by atoms with Crippen LogP contribution in [0.2, 0.25) is 0 Å². The maximum absolute atomic E-state index is 14.1. The molecule has 0 unspecified atom stereocenters. The first-order valence-electron chi connectivity index (χ1n) is 11.2. The zero-order valence-electron chi connectivity index (χ0n) is 18.5. The number of carbonyl (C=O) groups excluding carboxylic acids is 1. The van der Waals surface area contributed by atoms with E-state index in [0.29, 0.717) is 29.6 Å². The fourth-order valence-corrected chi connectivity index (χ4v) is 4.82. The van der Waals surface area contributed by atoms with Crippen molar-refractivity contribution < 1.29 is 26.7 Å². The molecule has 8 nitrogen and oxygen atoms in total. The van der Waals surface area contributed by atoms with Crippen molar-refractivity contribution in [1.29, 1.82) is 0 Å². The highest BCUT2D eigenvalue weighted by Gasteiger charge is 2.45. The van der Waals surface area contributed by atoms with Crippen molar-refractivity contribution in [3.8, 4) is 0 Å². The van der Waals surface area contributed by atoms with Crippen molar-refractivity contribution in [2.24, 2.45) is 0 Å². The van der Waals surface area contributed by atoms with Crippen molar-refractivity contribution >= 4 is 22.8 Å². The number of hydrogen-bond donors (Lipinski definition) is 1. The molecule has 3 aromatic rings. The van der Waals surface area contributed by atoms with Crippen LogP contribution in [0, 0.1) is 11.6 Å². The largest absolute Gasteiger partial charge is 0.404 e. The third-order valence-corrected chi connectivity index (χ3v) is 6.61. The summed E-state index contributed by atoms with van der Waals surface area (Å²) in [5.74, 6) is -2.73. The third kappa shape index (κ3) is 4.40. The van der Waals surface area contributed by atoms with E-state index in [1.54, 1.807) is 0 Å². The molecule has 0 saturated carbocycles. The van der Waals surface area contributed by atoms with Gasteiger partial charge in [0, 0.05) is 43.2 Å². The Balaban J connectivity index is 1.36. The molecule has 0 radical (unpaired) electrons. The van der Waals surface area contributed by atoms with Crippen LogP contribution in [0.4, 0.5) is 27.9 Å². The Morgan fingerprint density at radius 2 is 1.89 bits per heavy atom. The number of benzene rings is 1. The molecule has 1 atom stereocenters. The third-order valence-electron chi connectivity index (χ3n) is 6.61. The highest BCUT2D eigenvalue weighted by atomic mass is 19.4. The lowest BCUT2D eigenvalue weighted by Crippen LogP contribution is -2.49. The van der Waals surface area contributed by atoms with Gasteiger partial charge in [-0.2, -0.15) is 18.3 Å². The number of halogens is 5. The van der Waals surface area contributed by atoms with Crippen molar-refractivity contribution in [3.05, 3.63) is 47.4 Å². The summed E-state index contributed by atoms with van der Waals surface area (Å²) in [5.41, 5.74) is 6.45. The van der Waals surface area contributed by atoms with Crippen molar-refractivity contribution in [3.63, 3.8) is 0 Å². The van der Waals surface area contributed by atoms with Gasteiger partial charge in [-0.05, 0) is 31.5 Å². The zero-order valence-corrected chi connectivity index (χ0v) is 18.5. The number of aromatic nitrogens is 4. The van der Waals surface area contributed by atoms with Crippen LogP contribution in [0.25, 0.3) is 10.9 Å². The number of rotatable bonds is 5. The SMILES string of the molecule is Nc1nccc(C(=O)N2CC(c3nn(CCN4CCC[C@H]4C(F)(F)F)c4cc(F)c(F)cc34)C2)n1. The van der Waals surface area contributed by atoms with Crippen LogP contribution in [0.3, 0.4) is 0 Å². The highest BCUT2D eigenvalue weighted by Crippen LogP contribution is 2.35. The number of amides is 1. The maximum atomic E-state index is 14.1. The number of anilines is 1. The number of carbonyl (C=O) groups is 1. The summed E-state index contributed by atoms with van der Waals surface area (Å²) in [7, 11) is 0. The van der Waals surface area contributed by atoms with Crippen LogP contribution in [-0.2, 0) is 6.54 Å². The van der Waals surface area contributed by atoms with E-state index in [1.807, 2.05) is 0 Å². The lowest BCUT2D eigenvalue weighted by molar-refractivity contribution is -0.176. The molecule has 0 spiro atoms. The van der Waals surface area contributed by atoms with Gasteiger partial charge in [0.25, 0.3) is 5.91 Å². The highest BCUT2D eigenvalue weighted by molar-refractivity contribution is 5.93. The molecule has 2 aromatic heterocycles. The molecule has 2 N–H and O–H groups in total. The summed E-state index contributed by atoms with van der Waals surface area (Å²) in [6.07, 6.45) is -2.46. The summed E-state index contributed by atoms with van der Waals surface area (Å²) >= 11 is 0. The van der Waals surface area contributed by atoms with Crippen molar-refractivity contribution in [2.45, 2.75) is 37.5 Å². The van der Waals surface area contributed by atoms with E-state index < -0.39 is 23.9 Å². The minimum atomic E-state index is -4.32. The van der Waals surface area contributed by atoms with Gasteiger partial charge in [-0.25, -0.2) is 18.7 Å². The average molecular weight is 495 g/mol. The number of nitrogen functional groups attached to an aromatic ring is 1. The van der Waals surface area contributed by atoms with Crippen LogP contribution in [0.1, 0.15) is 34.9 Å². The van der Waals surface area contributed by atoms with Crippen LogP contribution >= 0.6 is 0 Å². The van der Waals surface area contributed by atoms with Crippen LogP contribution < -0.4 is 5.73 Å². The summed E-state index contributed by atoms with van der Waals surface area (Å²) in [4.78, 5) is 23.2. The normalized spacial score (nSPS) is 19.5. The minimum absolute atomic E-state index is 0.0269. The fourth-order valence-electron chi connectivity index (χ4n) is 4.82. The number of nitrogens with zero attached hydrogens (tertiary/aromatic N) is 6. The molecule has 0 bridgehead atoms. The fraction of sp³-hybridized carbons (Fsp3) is 0.455. The zero-order chi connectivity index (χ0) is 24.9. The standard InChI is InChI=1S/C22H22F5N7O/c23-14-8-13-17(9-15(14)24)34(7-6-32-5-1-2-18(32)22(25,26)27)31-19(13)12-10-33(11-12)20(35)16-3-4-29-21(28)30-16/h3-4,8-9,12,18H,1-2,5-7,10-11H2,(H2,28,29,30)/t18-/m0/s1. The maximum Gasteiger partial charge on any atom is 0.404 e. The number of hydrogen-bond acceptors (Lipinski definition) is 6. The molecule has 1 amide bonds. The molecule has 13 heteroatoms. The average Bonchev–Trinajstić information content (AvgIpc) is 3.37. The number of likely N-dealkylation sites (tertiary alicyclic amines) is 2. The smallest absolute Gasteiger partial charge is 0.368 e. The summed E-state index contributed by atoms with van der Waals surface area (Å²) < 4.78 is 69.4. The van der Waals surface area contributed by atoms with E-state index in [9.17, 15) is 26.7 Å². The van der Waals surface area contributed by atoms with Gasteiger partial charge in [0.2, 0.25) is 5.95 Å². The summed E-state index contributed by atoms with van der Waals surface area (Å²) in [6, 6.07) is 1.99. The van der Waals surface area contributed by atoms with Crippen molar-refractivity contribution in [1.82, 2.24) is 29.5 Å². The molecular weight excluding hydrogens is 473 g/mol. The first-order chi connectivity index (χ1) is 16.6. The van der Waals surface area contributed by atoms with Gasteiger partial charge in [-0.1, -0.05) is 0 Å². The predicted octanol–water partition coefficient (Wildman–Crippen LogP) is 2.95. The molecule has 2 aliphatic heterocycles. The Morgan fingerprint density at radius 1 is 1.14 bits per heavy atom.